The molecular formula is C18H14FN3O. The zero-order valence-corrected chi connectivity index (χ0v) is 12.5. The molecule has 3 aromatic rings. The number of benzene rings is 2. The van der Waals surface area contributed by atoms with Gasteiger partial charge < -0.3 is 0 Å². The first-order valence-corrected chi connectivity index (χ1v) is 7.09. The van der Waals surface area contributed by atoms with Gasteiger partial charge in [0.05, 0.1) is 17.3 Å². The largest absolute Gasteiger partial charge is 0.272 e. The molecule has 0 saturated heterocycles. The Kier molecular flexibility index (Phi) is 4.10. The van der Waals surface area contributed by atoms with E-state index in [1.807, 2.05) is 31.2 Å². The summed E-state index contributed by atoms with van der Waals surface area (Å²) >= 11 is 0. The predicted molar refractivity (Wildman–Crippen MR) is 87.9 cm³/mol. The van der Waals surface area contributed by atoms with Crippen LogP contribution in [0.2, 0.25) is 0 Å². The first-order chi connectivity index (χ1) is 11.1. The molecule has 0 radical (unpaired) electrons. The monoisotopic (exact) mass is 307 g/mol. The number of aryl methyl sites for hydroxylation is 1. The Balaban J connectivity index is 1.84. The van der Waals surface area contributed by atoms with Crippen LogP contribution >= 0.6 is 0 Å². The van der Waals surface area contributed by atoms with Crippen molar-refractivity contribution in [2.45, 2.75) is 6.92 Å². The van der Waals surface area contributed by atoms with Gasteiger partial charge in [-0.2, -0.15) is 5.10 Å². The van der Waals surface area contributed by atoms with Gasteiger partial charge >= 0.3 is 0 Å². The maximum absolute atomic E-state index is 13.1. The number of halogens is 1. The third-order valence-corrected chi connectivity index (χ3v) is 3.32. The molecule has 4 nitrogen and oxygen atoms in total. The summed E-state index contributed by atoms with van der Waals surface area (Å²) in [4.78, 5) is 16.7. The van der Waals surface area contributed by atoms with Crippen LogP contribution in [0.15, 0.2) is 59.7 Å². The SMILES string of the molecule is Cc1cc(C(=O)NN=Cc2cccc(F)c2)c2ccccc2n1. The number of fused-ring (bicyclic) bond motifs is 1. The first-order valence-electron chi connectivity index (χ1n) is 7.09. The minimum Gasteiger partial charge on any atom is -0.267 e. The van der Waals surface area contributed by atoms with Gasteiger partial charge in [-0.15, -0.1) is 0 Å². The van der Waals surface area contributed by atoms with Crippen molar-refractivity contribution in [2.24, 2.45) is 5.10 Å². The summed E-state index contributed by atoms with van der Waals surface area (Å²) in [5.74, 6) is -0.685. The minimum atomic E-state index is -0.351. The van der Waals surface area contributed by atoms with Gasteiger partial charge in [-0.1, -0.05) is 30.3 Å². The van der Waals surface area contributed by atoms with Crippen LogP contribution in [-0.4, -0.2) is 17.1 Å². The van der Waals surface area contributed by atoms with Crippen LogP contribution in [0, 0.1) is 12.7 Å². The van der Waals surface area contributed by atoms with Gasteiger partial charge in [0.2, 0.25) is 0 Å². The van der Waals surface area contributed by atoms with Crippen LogP contribution in [0.4, 0.5) is 4.39 Å². The molecule has 0 aliphatic carbocycles. The summed E-state index contributed by atoms with van der Waals surface area (Å²) in [6.45, 7) is 1.83. The Labute approximate surface area is 132 Å². The lowest BCUT2D eigenvalue weighted by atomic mass is 10.1. The van der Waals surface area contributed by atoms with Gasteiger partial charge in [-0.3, -0.25) is 9.78 Å². The number of hydrogen-bond donors (Lipinski definition) is 1. The second-order valence-electron chi connectivity index (χ2n) is 5.08. The molecule has 0 bridgehead atoms. The lowest BCUT2D eigenvalue weighted by molar-refractivity contribution is 0.0956. The maximum atomic E-state index is 13.1. The smallest absolute Gasteiger partial charge is 0.267 e. The normalized spacial score (nSPS) is 11.0. The van der Waals surface area contributed by atoms with Gasteiger partial charge in [0.25, 0.3) is 5.91 Å². The molecule has 0 unspecified atom stereocenters. The van der Waals surface area contributed by atoms with Crippen molar-refractivity contribution in [3.05, 3.63) is 77.2 Å². The number of amides is 1. The van der Waals surface area contributed by atoms with E-state index in [9.17, 15) is 9.18 Å². The van der Waals surface area contributed by atoms with E-state index in [0.29, 0.717) is 11.1 Å². The summed E-state index contributed by atoms with van der Waals surface area (Å²) in [6.07, 6.45) is 1.40. The quantitative estimate of drug-likeness (QED) is 0.595. The highest BCUT2D eigenvalue weighted by atomic mass is 19.1. The van der Waals surface area contributed by atoms with Crippen molar-refractivity contribution in [3.8, 4) is 0 Å². The van der Waals surface area contributed by atoms with E-state index in [1.54, 1.807) is 18.2 Å². The Morgan fingerprint density at radius 2 is 2.00 bits per heavy atom. The van der Waals surface area contributed by atoms with Gasteiger partial charge in [-0.25, -0.2) is 9.82 Å². The number of pyridine rings is 1. The van der Waals surface area contributed by atoms with E-state index in [2.05, 4.69) is 15.5 Å². The highest BCUT2D eigenvalue weighted by Gasteiger charge is 2.10. The third-order valence-electron chi connectivity index (χ3n) is 3.32. The number of carbonyl (C=O) groups excluding carboxylic acids is 1. The molecule has 1 N–H and O–H groups in total. The van der Waals surface area contributed by atoms with E-state index in [-0.39, 0.29) is 11.7 Å². The summed E-state index contributed by atoms with van der Waals surface area (Å²) in [5.41, 5.74) is 5.05. The van der Waals surface area contributed by atoms with Gasteiger partial charge in [0.1, 0.15) is 5.82 Å². The number of aromatic nitrogens is 1. The van der Waals surface area contributed by atoms with Crippen molar-refractivity contribution in [1.82, 2.24) is 10.4 Å². The Morgan fingerprint density at radius 1 is 1.17 bits per heavy atom. The van der Waals surface area contributed by atoms with Crippen LogP contribution in [0.5, 0.6) is 0 Å². The zero-order chi connectivity index (χ0) is 16.2. The molecule has 0 aliphatic heterocycles. The second kappa shape index (κ2) is 6.36. The molecule has 1 aromatic heterocycles. The number of rotatable bonds is 3. The van der Waals surface area contributed by atoms with Gasteiger partial charge in [-0.05, 0) is 36.8 Å². The molecule has 0 aliphatic rings. The molecule has 1 heterocycles. The van der Waals surface area contributed by atoms with Crippen molar-refractivity contribution in [3.63, 3.8) is 0 Å². The molecule has 5 heteroatoms. The van der Waals surface area contributed by atoms with Crippen LogP contribution in [0.25, 0.3) is 10.9 Å². The second-order valence-corrected chi connectivity index (χ2v) is 5.08. The fraction of sp³-hybridized carbons (Fsp3) is 0.0556. The highest BCUT2D eigenvalue weighted by molar-refractivity contribution is 6.06. The number of para-hydroxylation sites is 1. The van der Waals surface area contributed by atoms with E-state index in [4.69, 9.17) is 0 Å². The summed E-state index contributed by atoms with van der Waals surface area (Å²) in [5, 5.41) is 4.64. The molecule has 23 heavy (non-hydrogen) atoms. The molecule has 0 fully saturated rings. The first kappa shape index (κ1) is 14.8. The van der Waals surface area contributed by atoms with E-state index in [1.165, 1.54) is 18.3 Å². The molecule has 1 amide bonds. The fourth-order valence-corrected chi connectivity index (χ4v) is 2.31. The predicted octanol–water partition coefficient (Wildman–Crippen LogP) is 3.45. The average Bonchev–Trinajstić information content (AvgIpc) is 2.54. The van der Waals surface area contributed by atoms with Crippen LogP contribution in [0.3, 0.4) is 0 Å². The number of nitrogens with one attached hydrogen (secondary N) is 1. The van der Waals surface area contributed by atoms with Gasteiger partial charge in [0, 0.05) is 11.1 Å². The lowest BCUT2D eigenvalue weighted by Crippen LogP contribution is -2.18. The van der Waals surface area contributed by atoms with Crippen molar-refractivity contribution in [1.29, 1.82) is 0 Å². The summed E-state index contributed by atoms with van der Waals surface area (Å²) < 4.78 is 13.1. The van der Waals surface area contributed by atoms with Crippen LogP contribution < -0.4 is 5.43 Å². The van der Waals surface area contributed by atoms with Gasteiger partial charge in [0.15, 0.2) is 0 Å². The number of hydrogen-bond acceptors (Lipinski definition) is 3. The average molecular weight is 307 g/mol. The molecule has 0 spiro atoms. The topological polar surface area (TPSA) is 54.4 Å². The molecule has 114 valence electrons. The zero-order valence-electron chi connectivity index (χ0n) is 12.5. The van der Waals surface area contributed by atoms with Crippen molar-refractivity contribution >= 4 is 23.0 Å². The Morgan fingerprint density at radius 3 is 2.83 bits per heavy atom. The molecule has 0 atom stereocenters. The van der Waals surface area contributed by atoms with E-state index >= 15 is 0 Å². The molecular weight excluding hydrogens is 293 g/mol. The molecule has 0 saturated carbocycles. The fourth-order valence-electron chi connectivity index (χ4n) is 2.31. The Bertz CT molecular complexity index is 906. The minimum absolute atomic E-state index is 0.334. The van der Waals surface area contributed by atoms with Crippen molar-refractivity contribution in [2.75, 3.05) is 0 Å². The van der Waals surface area contributed by atoms with E-state index in [0.717, 1.165) is 16.6 Å². The van der Waals surface area contributed by atoms with Crippen LogP contribution in [0.1, 0.15) is 21.6 Å². The standard InChI is InChI=1S/C18H14FN3O/c1-12-9-16(15-7-2-3-8-17(15)21-12)18(23)22-20-11-13-5-4-6-14(19)10-13/h2-11H,1H3,(H,22,23). The number of hydrazone groups is 1. The maximum Gasteiger partial charge on any atom is 0.272 e. The number of carbonyl (C=O) groups is 1. The Hall–Kier alpha value is -3.08. The lowest BCUT2D eigenvalue weighted by Gasteiger charge is -2.06. The number of nitrogens with zero attached hydrogens (tertiary/aromatic N) is 2. The van der Waals surface area contributed by atoms with Crippen LogP contribution in [-0.2, 0) is 0 Å². The summed E-state index contributed by atoms with van der Waals surface area (Å²) in [6, 6.07) is 15.1. The highest BCUT2D eigenvalue weighted by Crippen LogP contribution is 2.18. The van der Waals surface area contributed by atoms with Crippen molar-refractivity contribution < 1.29 is 9.18 Å². The summed E-state index contributed by atoms with van der Waals surface area (Å²) in [7, 11) is 0. The third kappa shape index (κ3) is 3.40. The molecule has 2 aromatic carbocycles. The van der Waals surface area contributed by atoms with E-state index < -0.39 is 0 Å². The molecule has 3 rings (SSSR count).